The molecule has 76 valence electrons. The molecule has 0 fully saturated rings. The molecule has 1 aromatic heterocycles. The van der Waals surface area contributed by atoms with E-state index < -0.39 is 10.6 Å². The molecule has 0 spiro atoms. The second-order valence-electron chi connectivity index (χ2n) is 3.00. The molecule has 2 N–H and O–H groups in total. The van der Waals surface area contributed by atoms with Crippen molar-refractivity contribution in [1.82, 2.24) is 9.97 Å². The number of hydrogen-bond acceptors (Lipinski definition) is 5. The highest BCUT2D eigenvalue weighted by atomic mass is 16.6. The lowest BCUT2D eigenvalue weighted by Crippen LogP contribution is -2.18. The van der Waals surface area contributed by atoms with Crippen LogP contribution in [0.25, 0.3) is 0 Å². The minimum Gasteiger partial charge on any atom is -0.364 e. The number of anilines is 1. The SMILES string of the molecule is CC(C)Nc1[nH]c(=O)ncc1[N+](=O)[O-]. The highest BCUT2D eigenvalue weighted by Crippen LogP contribution is 2.18. The lowest BCUT2D eigenvalue weighted by molar-refractivity contribution is -0.384. The summed E-state index contributed by atoms with van der Waals surface area (Å²) >= 11 is 0. The lowest BCUT2D eigenvalue weighted by atomic mass is 10.4. The number of hydrogen-bond donors (Lipinski definition) is 2. The van der Waals surface area contributed by atoms with Gasteiger partial charge in [-0.25, -0.2) is 4.79 Å². The van der Waals surface area contributed by atoms with Crippen LogP contribution in [-0.2, 0) is 0 Å². The van der Waals surface area contributed by atoms with Crippen molar-refractivity contribution in [2.75, 3.05) is 5.32 Å². The number of rotatable bonds is 3. The lowest BCUT2D eigenvalue weighted by Gasteiger charge is -2.08. The van der Waals surface area contributed by atoms with Crippen molar-refractivity contribution >= 4 is 11.5 Å². The van der Waals surface area contributed by atoms with E-state index in [9.17, 15) is 14.9 Å². The average molecular weight is 198 g/mol. The summed E-state index contributed by atoms with van der Waals surface area (Å²) in [4.78, 5) is 26.3. The van der Waals surface area contributed by atoms with Gasteiger partial charge >= 0.3 is 11.4 Å². The summed E-state index contributed by atoms with van der Waals surface area (Å²) in [6.07, 6.45) is 0.934. The van der Waals surface area contributed by atoms with Crippen LogP contribution in [0.15, 0.2) is 11.0 Å². The molecule has 1 rings (SSSR count). The standard InChI is InChI=1S/C7H10N4O3/c1-4(2)9-6-5(11(13)14)3-8-7(12)10-6/h3-4H,1-2H3,(H2,8,9,10,12). The zero-order valence-corrected chi connectivity index (χ0v) is 7.77. The fraction of sp³-hybridized carbons (Fsp3) is 0.429. The molecule has 0 radical (unpaired) electrons. The predicted octanol–water partition coefficient (Wildman–Crippen LogP) is 0.498. The van der Waals surface area contributed by atoms with Gasteiger partial charge in [0, 0.05) is 6.04 Å². The van der Waals surface area contributed by atoms with Gasteiger partial charge in [-0.05, 0) is 13.8 Å². The fourth-order valence-electron chi connectivity index (χ4n) is 0.925. The van der Waals surface area contributed by atoms with Crippen molar-refractivity contribution in [3.63, 3.8) is 0 Å². The molecule has 0 bridgehead atoms. The van der Waals surface area contributed by atoms with Gasteiger partial charge in [0.05, 0.1) is 4.92 Å². The van der Waals surface area contributed by atoms with Crippen LogP contribution in [0.3, 0.4) is 0 Å². The molecule has 1 heterocycles. The first-order chi connectivity index (χ1) is 6.50. The smallest absolute Gasteiger partial charge is 0.346 e. The number of nitrogens with one attached hydrogen (secondary N) is 2. The second-order valence-corrected chi connectivity index (χ2v) is 3.00. The van der Waals surface area contributed by atoms with E-state index in [1.54, 1.807) is 0 Å². The Balaban J connectivity index is 3.16. The van der Waals surface area contributed by atoms with E-state index in [1.807, 2.05) is 13.8 Å². The summed E-state index contributed by atoms with van der Waals surface area (Å²) in [5.41, 5.74) is -0.850. The highest BCUT2D eigenvalue weighted by molar-refractivity contribution is 5.53. The molecule has 0 aromatic carbocycles. The number of H-pyrrole nitrogens is 1. The summed E-state index contributed by atoms with van der Waals surface area (Å²) in [5, 5.41) is 13.3. The van der Waals surface area contributed by atoms with Gasteiger partial charge < -0.3 is 5.32 Å². The van der Waals surface area contributed by atoms with Gasteiger partial charge in [-0.1, -0.05) is 0 Å². The molecule has 7 heteroatoms. The van der Waals surface area contributed by atoms with Crippen molar-refractivity contribution in [2.45, 2.75) is 19.9 Å². The van der Waals surface area contributed by atoms with Crippen molar-refractivity contribution in [2.24, 2.45) is 0 Å². The van der Waals surface area contributed by atoms with Gasteiger partial charge in [0.25, 0.3) is 0 Å². The van der Waals surface area contributed by atoms with E-state index >= 15 is 0 Å². The zero-order chi connectivity index (χ0) is 10.7. The van der Waals surface area contributed by atoms with Gasteiger partial charge in [-0.3, -0.25) is 15.1 Å². The van der Waals surface area contributed by atoms with Crippen molar-refractivity contribution in [3.8, 4) is 0 Å². The molecule has 0 aliphatic rings. The Morgan fingerprint density at radius 1 is 1.64 bits per heavy atom. The van der Waals surface area contributed by atoms with Crippen LogP contribution in [0.2, 0.25) is 0 Å². The molecular weight excluding hydrogens is 188 g/mol. The number of nitro groups is 1. The zero-order valence-electron chi connectivity index (χ0n) is 7.77. The van der Waals surface area contributed by atoms with E-state index in [-0.39, 0.29) is 17.5 Å². The number of aromatic amines is 1. The van der Waals surface area contributed by atoms with Crippen LogP contribution >= 0.6 is 0 Å². The molecule has 0 aliphatic heterocycles. The Morgan fingerprint density at radius 2 is 2.29 bits per heavy atom. The number of nitrogens with zero attached hydrogens (tertiary/aromatic N) is 2. The average Bonchev–Trinajstić information content (AvgIpc) is 2.01. The van der Waals surface area contributed by atoms with Gasteiger partial charge in [-0.2, -0.15) is 4.98 Å². The third kappa shape index (κ3) is 2.28. The molecule has 7 nitrogen and oxygen atoms in total. The Bertz CT molecular complexity index is 398. The van der Waals surface area contributed by atoms with Crippen LogP contribution in [0.1, 0.15) is 13.8 Å². The molecular formula is C7H10N4O3. The summed E-state index contributed by atoms with van der Waals surface area (Å²) < 4.78 is 0. The van der Waals surface area contributed by atoms with Crippen LogP contribution in [0, 0.1) is 10.1 Å². The van der Waals surface area contributed by atoms with E-state index in [2.05, 4.69) is 15.3 Å². The third-order valence-corrected chi connectivity index (χ3v) is 1.42. The Labute approximate surface area is 79.3 Å². The third-order valence-electron chi connectivity index (χ3n) is 1.42. The van der Waals surface area contributed by atoms with Crippen molar-refractivity contribution in [3.05, 3.63) is 26.8 Å². The summed E-state index contributed by atoms with van der Waals surface area (Å²) in [5.74, 6) is 0.0880. The largest absolute Gasteiger partial charge is 0.364 e. The first kappa shape index (κ1) is 10.2. The van der Waals surface area contributed by atoms with Crippen molar-refractivity contribution in [1.29, 1.82) is 0 Å². The molecule has 0 saturated carbocycles. The first-order valence-corrected chi connectivity index (χ1v) is 4.01. The maximum atomic E-state index is 10.8. The molecule has 0 atom stereocenters. The summed E-state index contributed by atoms with van der Waals surface area (Å²) in [6, 6.07) is -0.00764. The topological polar surface area (TPSA) is 101 Å². The van der Waals surface area contributed by atoms with E-state index in [0.29, 0.717) is 0 Å². The predicted molar refractivity (Wildman–Crippen MR) is 50.3 cm³/mol. The minimum absolute atomic E-state index is 0.00764. The summed E-state index contributed by atoms with van der Waals surface area (Å²) in [7, 11) is 0. The molecule has 0 aliphatic carbocycles. The normalized spacial score (nSPS) is 10.2. The highest BCUT2D eigenvalue weighted by Gasteiger charge is 2.15. The van der Waals surface area contributed by atoms with E-state index in [4.69, 9.17) is 0 Å². The van der Waals surface area contributed by atoms with E-state index in [0.717, 1.165) is 6.20 Å². The van der Waals surface area contributed by atoms with Crippen molar-refractivity contribution < 1.29 is 4.92 Å². The van der Waals surface area contributed by atoms with Gasteiger partial charge in [0.15, 0.2) is 5.82 Å². The molecule has 14 heavy (non-hydrogen) atoms. The minimum atomic E-state index is -0.612. The van der Waals surface area contributed by atoms with Crippen LogP contribution in [0.4, 0.5) is 11.5 Å². The van der Waals surface area contributed by atoms with Crippen LogP contribution in [0.5, 0.6) is 0 Å². The van der Waals surface area contributed by atoms with Gasteiger partial charge in [0.1, 0.15) is 6.20 Å². The van der Waals surface area contributed by atoms with Gasteiger partial charge in [0.2, 0.25) is 0 Å². The summed E-state index contributed by atoms with van der Waals surface area (Å²) in [6.45, 7) is 3.62. The molecule has 0 saturated heterocycles. The molecule has 1 aromatic rings. The fourth-order valence-corrected chi connectivity index (χ4v) is 0.925. The Hall–Kier alpha value is -1.92. The monoisotopic (exact) mass is 198 g/mol. The maximum Gasteiger partial charge on any atom is 0.346 e. The Morgan fingerprint density at radius 3 is 2.79 bits per heavy atom. The van der Waals surface area contributed by atoms with E-state index in [1.165, 1.54) is 0 Å². The first-order valence-electron chi connectivity index (χ1n) is 4.01. The second kappa shape index (κ2) is 3.86. The van der Waals surface area contributed by atoms with Crippen LogP contribution in [-0.4, -0.2) is 20.9 Å². The quantitative estimate of drug-likeness (QED) is 0.544. The van der Waals surface area contributed by atoms with Gasteiger partial charge in [-0.15, -0.1) is 0 Å². The maximum absolute atomic E-state index is 10.8. The molecule has 0 amide bonds. The Kier molecular flexibility index (Phi) is 2.80. The van der Waals surface area contributed by atoms with Crippen LogP contribution < -0.4 is 11.0 Å². The number of aromatic nitrogens is 2. The molecule has 0 unspecified atom stereocenters.